The number of allylic oxidation sites excluding steroid dienone is 2. The highest BCUT2D eigenvalue weighted by atomic mass is 16.7. The molecule has 4 aliphatic rings. The number of methoxy groups -OCH3 is 1. The van der Waals surface area contributed by atoms with Gasteiger partial charge in [0.2, 0.25) is 0 Å². The van der Waals surface area contributed by atoms with Crippen LogP contribution in [0.3, 0.4) is 0 Å². The molecular weight excluding hydrogens is 764 g/mol. The third-order valence-electron chi connectivity index (χ3n) is 11.9. The quantitative estimate of drug-likeness (QED) is 0.109. The summed E-state index contributed by atoms with van der Waals surface area (Å²) in [7, 11) is 3.42. The standard InChI is InChI=1S/C43H58N4O12/c1-21-12-11-13-22(2)42(55)45-33-28(20-44-47-17-15-46(9)16-18-47)37(52)30-31(38(33)53)36(51)26(6)40-32(30)41(54)43(8,59-40)57-19-14-29(56-10)23(3)39(58-27(7)48)25(5)35(50)24(4)34(21)49/h11-14,19-21,23-25,29,34-35,39,49-53H,15-18H2,1-10H3,(H,45,55)/b12-11+,19-14+,22-13-,44-20+/t21-,23+,24-,25-,29+,34-,35+,39-,43+/m1/s1. The Hall–Kier alpha value is -5.16. The Labute approximate surface area is 344 Å². The first-order chi connectivity index (χ1) is 27.7. The summed E-state index contributed by atoms with van der Waals surface area (Å²) >= 11 is 0. The largest absolute Gasteiger partial charge is 0.507 e. The van der Waals surface area contributed by atoms with E-state index in [1.54, 1.807) is 44.9 Å². The minimum atomic E-state index is -2.04. The van der Waals surface area contributed by atoms with Crippen molar-refractivity contribution in [2.24, 2.45) is 28.8 Å². The molecule has 4 aliphatic heterocycles. The number of Topliss-reactive ketones (excluding diaryl/α,β-unsaturated/α-hetero) is 1. The van der Waals surface area contributed by atoms with Gasteiger partial charge >= 0.3 is 11.8 Å². The summed E-state index contributed by atoms with van der Waals surface area (Å²) in [6.07, 6.45) is 4.86. The van der Waals surface area contributed by atoms with Gasteiger partial charge in [-0.25, -0.2) is 0 Å². The van der Waals surface area contributed by atoms with Gasteiger partial charge in [0, 0.05) is 87.3 Å². The lowest BCUT2D eigenvalue weighted by Gasteiger charge is -2.38. The number of carbonyl (C=O) groups is 3. The van der Waals surface area contributed by atoms with Gasteiger partial charge in [0.25, 0.3) is 11.7 Å². The number of rotatable bonds is 4. The molecule has 6 rings (SSSR count). The third kappa shape index (κ3) is 8.91. The SMILES string of the molecule is CO[C@H]1/C=C/O[C@@]2(C)Oc3c(C)c(O)c4c(O)c(c(/C=N/N5CCN(C)CC5)c(O)c4c3C2=O)NC(=O)/C(C)=C\C=C\[C@@H](C)[C@@H](O)[C@@H](C)[C@H](O)[C@@H](C)[C@H](OC(C)=O)[C@H]1C. The number of aromatic hydroxyl groups is 3. The van der Waals surface area contributed by atoms with E-state index in [4.69, 9.17) is 18.9 Å². The number of hydrazone groups is 1. The van der Waals surface area contributed by atoms with Crippen LogP contribution in [0.2, 0.25) is 0 Å². The van der Waals surface area contributed by atoms with Crippen molar-refractivity contribution in [3.8, 4) is 23.0 Å². The Kier molecular flexibility index (Phi) is 13.7. The van der Waals surface area contributed by atoms with Crippen molar-refractivity contribution in [1.82, 2.24) is 9.91 Å². The van der Waals surface area contributed by atoms with E-state index in [2.05, 4.69) is 15.3 Å². The molecule has 0 unspecified atom stereocenters. The first-order valence-electron chi connectivity index (χ1n) is 19.8. The number of fused-ring (bicyclic) bond motifs is 14. The van der Waals surface area contributed by atoms with Gasteiger partial charge in [0.1, 0.15) is 23.4 Å². The smallest absolute Gasteiger partial charge is 0.312 e. The van der Waals surface area contributed by atoms with Crippen LogP contribution in [0.1, 0.15) is 70.0 Å². The molecule has 322 valence electrons. The van der Waals surface area contributed by atoms with Crippen LogP contribution in [0.25, 0.3) is 10.8 Å². The molecule has 1 amide bonds. The van der Waals surface area contributed by atoms with Gasteiger partial charge < -0.3 is 54.7 Å². The molecule has 5 bridgehead atoms. The Morgan fingerprint density at radius 3 is 2.24 bits per heavy atom. The van der Waals surface area contributed by atoms with Crippen LogP contribution in [0.15, 0.2) is 41.2 Å². The van der Waals surface area contributed by atoms with E-state index in [0.29, 0.717) is 13.1 Å². The Bertz CT molecular complexity index is 2070. The van der Waals surface area contributed by atoms with E-state index in [9.17, 15) is 39.9 Å². The molecule has 0 saturated carbocycles. The minimum Gasteiger partial charge on any atom is -0.507 e. The summed E-state index contributed by atoms with van der Waals surface area (Å²) in [5, 5.41) is 66.8. The number of piperazine rings is 1. The molecular formula is C43H58N4O12. The number of esters is 1. The van der Waals surface area contributed by atoms with Gasteiger partial charge in [-0.3, -0.25) is 19.4 Å². The fraction of sp³-hybridized carbons (Fsp3) is 0.535. The van der Waals surface area contributed by atoms with Gasteiger partial charge in [-0.15, -0.1) is 0 Å². The summed E-state index contributed by atoms with van der Waals surface area (Å²) in [5.74, 6) is -8.34. The van der Waals surface area contributed by atoms with Gasteiger partial charge in [-0.2, -0.15) is 5.10 Å². The summed E-state index contributed by atoms with van der Waals surface area (Å²) in [6, 6.07) is 0. The number of likely N-dealkylation sites (N-methyl/N-ethyl adjacent to an activating group) is 1. The van der Waals surface area contributed by atoms with Gasteiger partial charge in [0.05, 0.1) is 53.0 Å². The zero-order valence-corrected chi connectivity index (χ0v) is 35.3. The number of nitrogens with zero attached hydrogens (tertiary/aromatic N) is 3. The first kappa shape index (κ1) is 44.9. The number of benzene rings is 2. The van der Waals surface area contributed by atoms with E-state index in [-0.39, 0.29) is 44.5 Å². The molecule has 9 atom stereocenters. The van der Waals surface area contributed by atoms with Crippen molar-refractivity contribution in [2.45, 2.75) is 85.6 Å². The number of carbonyl (C=O) groups excluding carboxylic acids is 3. The first-order valence-corrected chi connectivity index (χ1v) is 19.8. The van der Waals surface area contributed by atoms with E-state index >= 15 is 0 Å². The normalized spacial score (nSPS) is 32.1. The van der Waals surface area contributed by atoms with E-state index in [1.165, 1.54) is 59.4 Å². The number of amides is 1. The number of phenols is 3. The predicted octanol–water partition coefficient (Wildman–Crippen LogP) is 4.34. The monoisotopic (exact) mass is 822 g/mol. The highest BCUT2D eigenvalue weighted by molar-refractivity contribution is 6.23. The number of ether oxygens (including phenoxy) is 4. The summed E-state index contributed by atoms with van der Waals surface area (Å²) in [4.78, 5) is 42.6. The molecule has 16 nitrogen and oxygen atoms in total. The number of nitrogens with one attached hydrogen (secondary N) is 1. The van der Waals surface area contributed by atoms with Crippen LogP contribution in [0.4, 0.5) is 5.69 Å². The van der Waals surface area contributed by atoms with Crippen molar-refractivity contribution >= 4 is 40.3 Å². The minimum absolute atomic E-state index is 0.0559. The third-order valence-corrected chi connectivity index (χ3v) is 11.9. The van der Waals surface area contributed by atoms with Crippen molar-refractivity contribution < 1.29 is 58.9 Å². The van der Waals surface area contributed by atoms with Gasteiger partial charge in [-0.05, 0) is 27.0 Å². The molecule has 4 heterocycles. The lowest BCUT2D eigenvalue weighted by molar-refractivity contribution is -0.160. The van der Waals surface area contributed by atoms with Crippen LogP contribution >= 0.6 is 0 Å². The number of aliphatic hydroxyl groups excluding tert-OH is 2. The lowest BCUT2D eigenvalue weighted by Crippen LogP contribution is -2.46. The van der Waals surface area contributed by atoms with Crippen molar-refractivity contribution in [1.29, 1.82) is 0 Å². The topological polar surface area (TPSA) is 220 Å². The van der Waals surface area contributed by atoms with Crippen molar-refractivity contribution in [3.05, 3.63) is 52.8 Å². The maximum Gasteiger partial charge on any atom is 0.312 e. The Morgan fingerprint density at radius 2 is 1.61 bits per heavy atom. The predicted molar refractivity (Wildman–Crippen MR) is 220 cm³/mol. The van der Waals surface area contributed by atoms with Crippen LogP contribution in [0, 0.1) is 30.6 Å². The fourth-order valence-corrected chi connectivity index (χ4v) is 7.92. The molecule has 0 spiro atoms. The Morgan fingerprint density at radius 1 is 0.949 bits per heavy atom. The molecule has 59 heavy (non-hydrogen) atoms. The maximum absolute atomic E-state index is 14.4. The Balaban J connectivity index is 1.70. The number of aliphatic hydroxyl groups is 2. The van der Waals surface area contributed by atoms with E-state index in [0.717, 1.165) is 13.1 Å². The average molecular weight is 823 g/mol. The average Bonchev–Trinajstić information content (AvgIpc) is 3.46. The molecule has 0 aliphatic carbocycles. The number of phenolic OH excluding ortho intramolecular Hbond substituents is 3. The molecule has 16 heteroatoms. The highest BCUT2D eigenvalue weighted by Crippen LogP contribution is 2.55. The summed E-state index contributed by atoms with van der Waals surface area (Å²) in [5.41, 5.74) is -0.350. The fourth-order valence-electron chi connectivity index (χ4n) is 7.92. The molecule has 0 radical (unpaired) electrons. The van der Waals surface area contributed by atoms with E-state index in [1.807, 2.05) is 7.05 Å². The molecule has 0 aromatic heterocycles. The van der Waals surface area contributed by atoms with Gasteiger partial charge in [0.15, 0.2) is 5.75 Å². The lowest BCUT2D eigenvalue weighted by atomic mass is 9.78. The van der Waals surface area contributed by atoms with Crippen molar-refractivity contribution in [2.75, 3.05) is 45.7 Å². The summed E-state index contributed by atoms with van der Waals surface area (Å²) in [6.45, 7) is 15.1. The van der Waals surface area contributed by atoms with Gasteiger partial charge in [-0.1, -0.05) is 45.9 Å². The second kappa shape index (κ2) is 18.0. The molecule has 2 aromatic rings. The summed E-state index contributed by atoms with van der Waals surface area (Å²) < 4.78 is 23.6. The molecule has 1 fully saturated rings. The zero-order valence-electron chi connectivity index (χ0n) is 35.3. The number of hydrogen-bond donors (Lipinski definition) is 6. The zero-order chi connectivity index (χ0) is 43.7. The van der Waals surface area contributed by atoms with Crippen LogP contribution < -0.4 is 10.1 Å². The maximum atomic E-state index is 14.4. The second-order valence-corrected chi connectivity index (χ2v) is 16.1. The number of ketones is 1. The van der Waals surface area contributed by atoms with E-state index < -0.39 is 88.8 Å². The number of hydrogen-bond acceptors (Lipinski definition) is 15. The second-order valence-electron chi connectivity index (χ2n) is 16.1. The van der Waals surface area contributed by atoms with Crippen molar-refractivity contribution in [3.63, 3.8) is 0 Å². The van der Waals surface area contributed by atoms with Crippen LogP contribution in [-0.4, -0.2) is 130 Å². The molecule has 6 N–H and O–H groups in total. The van der Waals surface area contributed by atoms with Crippen LogP contribution in [0.5, 0.6) is 23.0 Å². The molecule has 2 aromatic carbocycles. The highest BCUT2D eigenvalue weighted by Gasteiger charge is 2.50. The van der Waals surface area contributed by atoms with Crippen LogP contribution in [-0.2, 0) is 23.8 Å². The molecule has 1 saturated heterocycles. The number of anilines is 1.